The maximum absolute atomic E-state index is 13.8. The van der Waals surface area contributed by atoms with Crippen molar-refractivity contribution >= 4 is 22.9 Å². The van der Waals surface area contributed by atoms with Crippen LogP contribution in [0.1, 0.15) is 39.7 Å². The van der Waals surface area contributed by atoms with Crippen LogP contribution in [0.5, 0.6) is 0 Å². The number of hydrogen-bond acceptors (Lipinski definition) is 3. The lowest BCUT2D eigenvalue weighted by atomic mass is 10.0. The van der Waals surface area contributed by atoms with Gasteiger partial charge in [-0.15, -0.1) is 0 Å². The largest absolute Gasteiger partial charge is 0.365 e. The van der Waals surface area contributed by atoms with Gasteiger partial charge in [0.2, 0.25) is 0 Å². The second-order valence-corrected chi connectivity index (χ2v) is 8.62. The third kappa shape index (κ3) is 4.18. The molecule has 1 aliphatic rings. The van der Waals surface area contributed by atoms with E-state index >= 15 is 0 Å². The summed E-state index contributed by atoms with van der Waals surface area (Å²) in [5.74, 6) is -3.41. The van der Waals surface area contributed by atoms with Gasteiger partial charge in [0.1, 0.15) is 5.65 Å². The number of aromatic nitrogens is 2. The van der Waals surface area contributed by atoms with Gasteiger partial charge in [-0.25, -0.2) is 13.8 Å². The van der Waals surface area contributed by atoms with Crippen molar-refractivity contribution < 1.29 is 13.6 Å². The Balaban J connectivity index is 1.38. The highest BCUT2D eigenvalue weighted by molar-refractivity contribution is 6.04. The minimum atomic E-state index is -3.01. The lowest BCUT2D eigenvalue weighted by molar-refractivity contribution is 0.0174. The van der Waals surface area contributed by atoms with Gasteiger partial charge in [0.15, 0.2) is 0 Å². The molecule has 0 fully saturated rings. The zero-order valence-electron chi connectivity index (χ0n) is 18.5. The number of benzene rings is 2. The van der Waals surface area contributed by atoms with Crippen molar-refractivity contribution in [1.29, 1.82) is 0 Å². The van der Waals surface area contributed by atoms with E-state index in [0.717, 1.165) is 36.9 Å². The summed E-state index contributed by atoms with van der Waals surface area (Å²) in [6.07, 6.45) is 4.81. The topological polar surface area (TPSA) is 49.6 Å². The normalized spacial score (nSPS) is 13.4. The van der Waals surface area contributed by atoms with Crippen molar-refractivity contribution in [2.24, 2.45) is 0 Å². The van der Waals surface area contributed by atoms with Crippen LogP contribution in [-0.4, -0.2) is 21.8 Å². The van der Waals surface area contributed by atoms with Gasteiger partial charge in [0.25, 0.3) is 11.8 Å². The highest BCUT2D eigenvalue weighted by Crippen LogP contribution is 2.33. The molecule has 0 aliphatic carbocycles. The fourth-order valence-electron chi connectivity index (χ4n) is 4.36. The van der Waals surface area contributed by atoms with Crippen LogP contribution >= 0.6 is 0 Å². The van der Waals surface area contributed by atoms with Crippen LogP contribution in [0.15, 0.2) is 67.0 Å². The number of amides is 1. The number of carbonyl (C=O) groups is 1. The molecule has 0 spiro atoms. The average Bonchev–Trinajstić information content (AvgIpc) is 3.37. The van der Waals surface area contributed by atoms with Crippen LogP contribution in [0.3, 0.4) is 0 Å². The van der Waals surface area contributed by atoms with Crippen LogP contribution in [0, 0.1) is 6.92 Å². The Morgan fingerprint density at radius 2 is 2.00 bits per heavy atom. The van der Waals surface area contributed by atoms with Gasteiger partial charge in [-0.1, -0.05) is 18.2 Å². The molecule has 3 heterocycles. The van der Waals surface area contributed by atoms with Crippen molar-refractivity contribution in [2.75, 3.05) is 16.8 Å². The molecule has 7 heteroatoms. The Morgan fingerprint density at radius 3 is 2.82 bits per heavy atom. The number of imidazole rings is 1. The SMILES string of the molecule is Cc1cc(C(=O)Nc2ccc3c(c2)N(Cc2cnc4ccccn24)CC3)cc(C(C)(F)F)c1. The molecule has 0 bridgehead atoms. The molecule has 2 aromatic heterocycles. The number of carbonyl (C=O) groups excluding carboxylic acids is 1. The summed E-state index contributed by atoms with van der Waals surface area (Å²) in [7, 11) is 0. The average molecular weight is 447 g/mol. The van der Waals surface area contributed by atoms with Crippen LogP contribution in [-0.2, 0) is 18.9 Å². The monoisotopic (exact) mass is 446 g/mol. The molecular weight excluding hydrogens is 422 g/mol. The second kappa shape index (κ2) is 7.99. The Hall–Kier alpha value is -3.74. The molecule has 5 nitrogen and oxygen atoms in total. The first-order chi connectivity index (χ1) is 15.8. The third-order valence-electron chi connectivity index (χ3n) is 6.03. The minimum absolute atomic E-state index is 0.166. The minimum Gasteiger partial charge on any atom is -0.365 e. The number of rotatable bonds is 5. The first-order valence-corrected chi connectivity index (χ1v) is 10.9. The number of anilines is 2. The van der Waals surface area contributed by atoms with E-state index in [9.17, 15) is 13.6 Å². The lowest BCUT2D eigenvalue weighted by Gasteiger charge is -2.20. The quantitative estimate of drug-likeness (QED) is 0.436. The number of halogens is 2. The molecular formula is C26H24F2N4O. The molecule has 168 valence electrons. The molecule has 1 amide bonds. The van der Waals surface area contributed by atoms with E-state index in [0.29, 0.717) is 17.8 Å². The first kappa shape index (κ1) is 21.1. The zero-order valence-corrected chi connectivity index (χ0v) is 18.5. The summed E-state index contributed by atoms with van der Waals surface area (Å²) in [5, 5.41) is 2.87. The zero-order chi connectivity index (χ0) is 23.2. The smallest absolute Gasteiger partial charge is 0.270 e. The standard InChI is InChI=1S/C26H24F2N4O/c1-17-11-19(13-20(12-17)26(2,27)28)25(33)30-21-7-6-18-8-10-31(23(18)14-21)16-22-15-29-24-5-3-4-9-32(22)24/h3-7,9,11-15H,8,10,16H2,1-2H3,(H,30,33). The summed E-state index contributed by atoms with van der Waals surface area (Å²) >= 11 is 0. The molecule has 33 heavy (non-hydrogen) atoms. The molecule has 0 saturated carbocycles. The number of nitrogens with one attached hydrogen (secondary N) is 1. The van der Waals surface area contributed by atoms with Gasteiger partial charge in [-0.3, -0.25) is 4.79 Å². The number of nitrogens with zero attached hydrogens (tertiary/aromatic N) is 3. The van der Waals surface area contributed by atoms with Gasteiger partial charge >= 0.3 is 0 Å². The maximum atomic E-state index is 13.8. The summed E-state index contributed by atoms with van der Waals surface area (Å²) in [6.45, 7) is 4.11. The summed E-state index contributed by atoms with van der Waals surface area (Å²) in [4.78, 5) is 19.6. The van der Waals surface area contributed by atoms with Gasteiger partial charge in [-0.2, -0.15) is 0 Å². The van der Waals surface area contributed by atoms with E-state index < -0.39 is 11.8 Å². The molecule has 0 unspecified atom stereocenters. The van der Waals surface area contributed by atoms with E-state index in [-0.39, 0.29) is 11.1 Å². The van der Waals surface area contributed by atoms with Gasteiger partial charge in [0, 0.05) is 42.2 Å². The number of fused-ring (bicyclic) bond motifs is 2. The van der Waals surface area contributed by atoms with Crippen LogP contribution < -0.4 is 10.2 Å². The fraction of sp³-hybridized carbons (Fsp3) is 0.231. The van der Waals surface area contributed by atoms with Crippen molar-refractivity contribution in [3.63, 3.8) is 0 Å². The predicted molar refractivity (Wildman–Crippen MR) is 125 cm³/mol. The van der Waals surface area contributed by atoms with Crippen LogP contribution in [0.4, 0.5) is 20.2 Å². The lowest BCUT2D eigenvalue weighted by Crippen LogP contribution is -2.21. The number of hydrogen-bond donors (Lipinski definition) is 1. The predicted octanol–water partition coefficient (Wildman–Crippen LogP) is 5.57. The molecule has 2 aromatic carbocycles. The Bertz CT molecular complexity index is 1360. The number of alkyl halides is 2. The van der Waals surface area contributed by atoms with E-state index in [4.69, 9.17) is 0 Å². The van der Waals surface area contributed by atoms with Crippen molar-refractivity contribution in [3.8, 4) is 0 Å². The second-order valence-electron chi connectivity index (χ2n) is 8.62. The van der Waals surface area contributed by atoms with Crippen molar-refractivity contribution in [2.45, 2.75) is 32.7 Å². The maximum Gasteiger partial charge on any atom is 0.270 e. The molecule has 1 aliphatic heterocycles. The summed E-state index contributed by atoms with van der Waals surface area (Å²) in [6, 6.07) is 16.0. The first-order valence-electron chi connectivity index (χ1n) is 10.9. The summed E-state index contributed by atoms with van der Waals surface area (Å²) < 4.78 is 29.7. The highest BCUT2D eigenvalue weighted by atomic mass is 19.3. The van der Waals surface area contributed by atoms with Gasteiger partial charge < -0.3 is 14.6 Å². The molecule has 4 aromatic rings. The summed E-state index contributed by atoms with van der Waals surface area (Å²) in [5.41, 5.74) is 5.57. The van der Waals surface area contributed by atoms with Crippen molar-refractivity contribution in [1.82, 2.24) is 9.38 Å². The molecule has 5 rings (SSSR count). The van der Waals surface area contributed by atoms with E-state index in [1.54, 1.807) is 13.0 Å². The van der Waals surface area contributed by atoms with Crippen LogP contribution in [0.25, 0.3) is 5.65 Å². The number of pyridine rings is 1. The Morgan fingerprint density at radius 1 is 1.15 bits per heavy atom. The van der Waals surface area contributed by atoms with E-state index in [1.165, 1.54) is 17.7 Å². The van der Waals surface area contributed by atoms with Gasteiger partial charge in [-0.05, 0) is 60.9 Å². The van der Waals surface area contributed by atoms with Gasteiger partial charge in [0.05, 0.1) is 18.4 Å². The van der Waals surface area contributed by atoms with Crippen molar-refractivity contribution in [3.05, 3.63) is 94.9 Å². The Kier molecular flexibility index (Phi) is 5.12. The highest BCUT2D eigenvalue weighted by Gasteiger charge is 2.26. The molecule has 0 radical (unpaired) electrons. The molecule has 1 N–H and O–H groups in total. The Labute approximate surface area is 190 Å². The van der Waals surface area contributed by atoms with E-state index in [1.807, 2.05) is 48.8 Å². The van der Waals surface area contributed by atoms with Crippen LogP contribution in [0.2, 0.25) is 0 Å². The third-order valence-corrected chi connectivity index (χ3v) is 6.03. The molecule has 0 atom stereocenters. The molecule has 0 saturated heterocycles. The van der Waals surface area contributed by atoms with E-state index in [2.05, 4.69) is 19.6 Å². The number of aryl methyl sites for hydroxylation is 1. The fourth-order valence-corrected chi connectivity index (χ4v) is 4.36.